The van der Waals surface area contributed by atoms with Crippen molar-refractivity contribution in [2.75, 3.05) is 0 Å². The Balaban J connectivity index is 1.95. The number of H-pyrrole nitrogens is 1. The summed E-state index contributed by atoms with van der Waals surface area (Å²) in [5.41, 5.74) is 5.32. The summed E-state index contributed by atoms with van der Waals surface area (Å²) in [4.78, 5) is 11.9. The summed E-state index contributed by atoms with van der Waals surface area (Å²) < 4.78 is 0. The zero-order valence-corrected chi connectivity index (χ0v) is 9.43. The summed E-state index contributed by atoms with van der Waals surface area (Å²) >= 11 is 0. The van der Waals surface area contributed by atoms with Crippen LogP contribution in [0.1, 0.15) is 35.5 Å². The lowest BCUT2D eigenvalue weighted by atomic mass is 9.97. The summed E-state index contributed by atoms with van der Waals surface area (Å²) in [6.45, 7) is 0. The smallest absolute Gasteiger partial charge is 0.125 e. The van der Waals surface area contributed by atoms with Crippen molar-refractivity contribution < 1.29 is 0 Å². The molecule has 0 amide bonds. The topological polar surface area (TPSA) is 79.6 Å². The predicted octanol–water partition coefficient (Wildman–Crippen LogP) is 1.04. The van der Waals surface area contributed by atoms with E-state index < -0.39 is 0 Å². The monoisotopic (exact) mass is 229 g/mol. The summed E-state index contributed by atoms with van der Waals surface area (Å²) in [5, 5.41) is 0. The van der Waals surface area contributed by atoms with Gasteiger partial charge in [-0.2, -0.15) is 0 Å². The van der Waals surface area contributed by atoms with Gasteiger partial charge in [0.25, 0.3) is 0 Å². The molecule has 1 aliphatic carbocycles. The minimum absolute atomic E-state index is 0.00106. The van der Waals surface area contributed by atoms with Crippen LogP contribution in [0, 0.1) is 0 Å². The SMILES string of the molecule is NNC(c1ncc[nH]1)C1CCc2cccnc21. The number of hydrogen-bond acceptors (Lipinski definition) is 4. The number of aromatic nitrogens is 3. The number of hydrazine groups is 1. The molecular formula is C12H15N5. The molecule has 2 unspecified atom stereocenters. The van der Waals surface area contributed by atoms with Crippen LogP contribution in [0.25, 0.3) is 0 Å². The zero-order chi connectivity index (χ0) is 11.7. The summed E-state index contributed by atoms with van der Waals surface area (Å²) in [5.74, 6) is 6.83. The van der Waals surface area contributed by atoms with Gasteiger partial charge in [-0.15, -0.1) is 0 Å². The van der Waals surface area contributed by atoms with E-state index in [0.29, 0.717) is 5.92 Å². The third-order valence-corrected chi connectivity index (χ3v) is 3.40. The molecule has 2 aromatic rings. The van der Waals surface area contributed by atoms with Gasteiger partial charge in [0.1, 0.15) is 5.82 Å². The largest absolute Gasteiger partial charge is 0.347 e. The van der Waals surface area contributed by atoms with Crippen LogP contribution in [0.15, 0.2) is 30.7 Å². The van der Waals surface area contributed by atoms with E-state index in [9.17, 15) is 0 Å². The van der Waals surface area contributed by atoms with Crippen molar-refractivity contribution in [3.63, 3.8) is 0 Å². The van der Waals surface area contributed by atoms with E-state index in [1.807, 2.05) is 18.5 Å². The first-order valence-electron chi connectivity index (χ1n) is 5.79. The van der Waals surface area contributed by atoms with Gasteiger partial charge in [0.05, 0.1) is 6.04 Å². The molecule has 0 saturated heterocycles. The van der Waals surface area contributed by atoms with Crippen LogP contribution in [0.2, 0.25) is 0 Å². The van der Waals surface area contributed by atoms with Gasteiger partial charge >= 0.3 is 0 Å². The average molecular weight is 229 g/mol. The number of aromatic amines is 1. The highest BCUT2D eigenvalue weighted by Gasteiger charge is 2.32. The fraction of sp³-hybridized carbons (Fsp3) is 0.333. The quantitative estimate of drug-likeness (QED) is 0.542. The van der Waals surface area contributed by atoms with E-state index in [1.165, 1.54) is 5.56 Å². The second kappa shape index (κ2) is 4.27. The maximum absolute atomic E-state index is 5.66. The van der Waals surface area contributed by atoms with Crippen molar-refractivity contribution in [3.05, 3.63) is 47.8 Å². The van der Waals surface area contributed by atoms with E-state index in [2.05, 4.69) is 26.4 Å². The normalized spacial score (nSPS) is 20.2. The summed E-state index contributed by atoms with van der Waals surface area (Å²) in [6, 6.07) is 4.12. The Labute approximate surface area is 99.5 Å². The molecule has 4 N–H and O–H groups in total. The fourth-order valence-electron chi connectivity index (χ4n) is 2.60. The number of nitrogens with one attached hydrogen (secondary N) is 2. The third-order valence-electron chi connectivity index (χ3n) is 3.40. The van der Waals surface area contributed by atoms with E-state index >= 15 is 0 Å². The van der Waals surface area contributed by atoms with Crippen LogP contribution >= 0.6 is 0 Å². The molecule has 0 bridgehead atoms. The Hall–Kier alpha value is -1.72. The van der Waals surface area contributed by atoms with Gasteiger partial charge in [0.2, 0.25) is 0 Å². The second-order valence-corrected chi connectivity index (χ2v) is 4.31. The van der Waals surface area contributed by atoms with E-state index in [-0.39, 0.29) is 6.04 Å². The highest BCUT2D eigenvalue weighted by Crippen LogP contribution is 2.38. The van der Waals surface area contributed by atoms with Crippen LogP contribution in [0.5, 0.6) is 0 Å². The van der Waals surface area contributed by atoms with Gasteiger partial charge in [0, 0.05) is 30.2 Å². The summed E-state index contributed by atoms with van der Waals surface area (Å²) in [7, 11) is 0. The average Bonchev–Trinajstić information content (AvgIpc) is 3.01. The number of fused-ring (bicyclic) bond motifs is 1. The fourth-order valence-corrected chi connectivity index (χ4v) is 2.60. The lowest BCUT2D eigenvalue weighted by Crippen LogP contribution is -2.33. The van der Waals surface area contributed by atoms with Gasteiger partial charge in [-0.3, -0.25) is 10.8 Å². The molecule has 0 radical (unpaired) electrons. The Morgan fingerprint density at radius 3 is 3.12 bits per heavy atom. The number of aryl methyl sites for hydroxylation is 1. The molecule has 0 spiro atoms. The highest BCUT2D eigenvalue weighted by atomic mass is 15.3. The van der Waals surface area contributed by atoms with Crippen LogP contribution < -0.4 is 11.3 Å². The maximum Gasteiger partial charge on any atom is 0.125 e. The molecule has 88 valence electrons. The highest BCUT2D eigenvalue weighted by molar-refractivity contribution is 5.30. The first-order valence-corrected chi connectivity index (χ1v) is 5.79. The number of rotatable bonds is 3. The number of nitrogens with zero attached hydrogens (tertiary/aromatic N) is 2. The van der Waals surface area contributed by atoms with Gasteiger partial charge in [-0.25, -0.2) is 10.4 Å². The molecule has 2 heterocycles. The van der Waals surface area contributed by atoms with E-state index in [1.54, 1.807) is 6.20 Å². The lowest BCUT2D eigenvalue weighted by Gasteiger charge is -2.20. The number of nitrogens with two attached hydrogens (primary N) is 1. The molecule has 5 heteroatoms. The van der Waals surface area contributed by atoms with Crippen molar-refractivity contribution in [1.82, 2.24) is 20.4 Å². The molecule has 0 saturated carbocycles. The van der Waals surface area contributed by atoms with Crippen molar-refractivity contribution >= 4 is 0 Å². The second-order valence-electron chi connectivity index (χ2n) is 4.31. The number of hydrogen-bond donors (Lipinski definition) is 3. The van der Waals surface area contributed by atoms with Crippen molar-refractivity contribution in [2.24, 2.45) is 5.84 Å². The van der Waals surface area contributed by atoms with E-state index in [4.69, 9.17) is 5.84 Å². The number of pyridine rings is 1. The van der Waals surface area contributed by atoms with Crippen molar-refractivity contribution in [1.29, 1.82) is 0 Å². The Morgan fingerprint density at radius 1 is 1.41 bits per heavy atom. The van der Waals surface area contributed by atoms with Crippen LogP contribution in [-0.4, -0.2) is 15.0 Å². The molecule has 2 aromatic heterocycles. The molecule has 1 aliphatic rings. The Bertz CT molecular complexity index is 493. The minimum Gasteiger partial charge on any atom is -0.347 e. The molecule has 0 fully saturated rings. The first-order chi connectivity index (χ1) is 8.40. The molecule has 17 heavy (non-hydrogen) atoms. The summed E-state index contributed by atoms with van der Waals surface area (Å²) in [6.07, 6.45) is 7.52. The molecule has 2 atom stereocenters. The van der Waals surface area contributed by atoms with E-state index in [0.717, 1.165) is 24.4 Å². The molecule has 0 aliphatic heterocycles. The molecule has 5 nitrogen and oxygen atoms in total. The van der Waals surface area contributed by atoms with Crippen LogP contribution in [0.4, 0.5) is 0 Å². The maximum atomic E-state index is 5.66. The predicted molar refractivity (Wildman–Crippen MR) is 64.0 cm³/mol. The molecule has 3 rings (SSSR count). The van der Waals surface area contributed by atoms with Crippen LogP contribution in [0.3, 0.4) is 0 Å². The Kier molecular flexibility index (Phi) is 2.62. The third kappa shape index (κ3) is 1.73. The Morgan fingerprint density at radius 2 is 2.35 bits per heavy atom. The minimum atomic E-state index is 0.00106. The van der Waals surface area contributed by atoms with Crippen molar-refractivity contribution in [2.45, 2.75) is 24.8 Å². The van der Waals surface area contributed by atoms with Crippen LogP contribution in [-0.2, 0) is 6.42 Å². The zero-order valence-electron chi connectivity index (χ0n) is 9.43. The molecular weight excluding hydrogens is 214 g/mol. The van der Waals surface area contributed by atoms with Gasteiger partial charge in [-0.05, 0) is 24.5 Å². The standard InChI is InChI=1S/C12H15N5/c13-17-11(12-15-6-7-16-12)9-4-3-8-2-1-5-14-10(8)9/h1-2,5-7,9,11,17H,3-4,13H2,(H,15,16). The van der Waals surface area contributed by atoms with Gasteiger partial charge in [0.15, 0.2) is 0 Å². The first kappa shape index (κ1) is 10.4. The van der Waals surface area contributed by atoms with Gasteiger partial charge < -0.3 is 4.98 Å². The number of imidazole rings is 1. The van der Waals surface area contributed by atoms with Gasteiger partial charge in [-0.1, -0.05) is 6.07 Å². The lowest BCUT2D eigenvalue weighted by molar-refractivity contribution is 0.430. The van der Waals surface area contributed by atoms with Crippen molar-refractivity contribution in [3.8, 4) is 0 Å². The molecule has 0 aromatic carbocycles.